The molecule has 0 aliphatic carbocycles. The van der Waals surface area contributed by atoms with E-state index in [0.29, 0.717) is 11.4 Å². The predicted molar refractivity (Wildman–Crippen MR) is 79.9 cm³/mol. The van der Waals surface area contributed by atoms with Crippen LogP contribution in [0.1, 0.15) is 24.0 Å². The normalized spacial score (nSPS) is 10.5. The van der Waals surface area contributed by atoms with E-state index in [-0.39, 0.29) is 5.97 Å². The number of methoxy groups -OCH3 is 1. The molecule has 0 saturated carbocycles. The van der Waals surface area contributed by atoms with Gasteiger partial charge in [-0.1, -0.05) is 30.4 Å². The summed E-state index contributed by atoms with van der Waals surface area (Å²) >= 11 is 4.96. The molecule has 0 heterocycles. The number of benzene rings is 1. The molecule has 0 aliphatic rings. The topological polar surface area (TPSA) is 55.6 Å². The minimum atomic E-state index is -0.163. The summed E-state index contributed by atoms with van der Waals surface area (Å²) in [5, 5.41) is 0. The van der Waals surface area contributed by atoms with E-state index < -0.39 is 0 Å². The van der Waals surface area contributed by atoms with Crippen molar-refractivity contribution in [1.29, 1.82) is 0 Å². The maximum atomic E-state index is 11.0. The summed E-state index contributed by atoms with van der Waals surface area (Å²) in [6.45, 7) is 1.64. The Morgan fingerprint density at radius 1 is 1.47 bits per heavy atom. The molecule has 0 aliphatic heterocycles. The van der Waals surface area contributed by atoms with E-state index in [9.17, 15) is 4.79 Å². The molecule has 1 aromatic carbocycles. The molecule has 0 radical (unpaired) electrons. The molecule has 1 aromatic rings. The second-order valence-corrected chi connectivity index (χ2v) is 4.92. The Labute approximate surface area is 119 Å². The summed E-state index contributed by atoms with van der Waals surface area (Å²) < 4.78 is 4.61. The molecule has 0 unspecified atom stereocenters. The summed E-state index contributed by atoms with van der Waals surface area (Å²) in [6.07, 6.45) is 1.24. The van der Waals surface area contributed by atoms with Crippen LogP contribution in [-0.4, -0.2) is 36.6 Å². The summed E-state index contributed by atoms with van der Waals surface area (Å²) in [7, 11) is 3.43. The van der Waals surface area contributed by atoms with Crippen molar-refractivity contribution in [2.24, 2.45) is 5.73 Å². The lowest BCUT2D eigenvalue weighted by atomic mass is 10.1. The first kappa shape index (κ1) is 15.6. The fourth-order valence-electron chi connectivity index (χ4n) is 1.81. The second-order valence-electron chi connectivity index (χ2n) is 4.48. The Balaban J connectivity index is 2.43. The highest BCUT2D eigenvalue weighted by molar-refractivity contribution is 7.80. The molecule has 104 valence electrons. The maximum Gasteiger partial charge on any atom is 0.305 e. The number of carbonyl (C=O) groups is 1. The molecule has 0 spiro atoms. The second kappa shape index (κ2) is 7.86. The zero-order valence-corrected chi connectivity index (χ0v) is 12.2. The van der Waals surface area contributed by atoms with Gasteiger partial charge in [-0.3, -0.25) is 4.79 Å². The summed E-state index contributed by atoms with van der Waals surface area (Å²) in [5.74, 6) is -0.163. The van der Waals surface area contributed by atoms with Crippen LogP contribution in [0.2, 0.25) is 0 Å². The van der Waals surface area contributed by atoms with Crippen molar-refractivity contribution in [1.82, 2.24) is 4.90 Å². The van der Waals surface area contributed by atoms with E-state index in [1.807, 2.05) is 31.3 Å². The van der Waals surface area contributed by atoms with Gasteiger partial charge in [-0.15, -0.1) is 0 Å². The molecule has 2 N–H and O–H groups in total. The molecule has 0 aromatic heterocycles. The number of nitrogens with two attached hydrogens (primary N) is 1. The fourth-order valence-corrected chi connectivity index (χ4v) is 1.94. The van der Waals surface area contributed by atoms with E-state index in [0.717, 1.165) is 30.6 Å². The Morgan fingerprint density at radius 3 is 2.84 bits per heavy atom. The van der Waals surface area contributed by atoms with Gasteiger partial charge in [0, 0.05) is 18.5 Å². The molecule has 1 rings (SSSR count). The number of rotatable bonds is 7. The summed E-state index contributed by atoms with van der Waals surface area (Å²) in [5.41, 5.74) is 7.65. The quantitative estimate of drug-likeness (QED) is 0.608. The number of thiocarbonyl (C=S) groups is 1. The van der Waals surface area contributed by atoms with Gasteiger partial charge in [0.2, 0.25) is 0 Å². The first-order chi connectivity index (χ1) is 9.02. The first-order valence-corrected chi connectivity index (χ1v) is 6.58. The van der Waals surface area contributed by atoms with E-state index in [2.05, 4.69) is 9.64 Å². The SMILES string of the molecule is COC(=O)CCCN(C)Cc1cccc(C(N)=S)c1. The highest BCUT2D eigenvalue weighted by Gasteiger charge is 2.05. The van der Waals surface area contributed by atoms with Crippen LogP contribution in [-0.2, 0) is 16.1 Å². The number of hydrogen-bond acceptors (Lipinski definition) is 4. The number of esters is 1. The summed E-state index contributed by atoms with van der Waals surface area (Å²) in [4.78, 5) is 13.6. The third-order valence-electron chi connectivity index (χ3n) is 2.81. The van der Waals surface area contributed by atoms with Gasteiger partial charge in [0.1, 0.15) is 4.99 Å². The van der Waals surface area contributed by atoms with Crippen molar-refractivity contribution < 1.29 is 9.53 Å². The lowest BCUT2D eigenvalue weighted by Gasteiger charge is -2.16. The third-order valence-corrected chi connectivity index (χ3v) is 3.05. The minimum absolute atomic E-state index is 0.163. The van der Waals surface area contributed by atoms with Crippen molar-refractivity contribution in [3.05, 3.63) is 35.4 Å². The van der Waals surface area contributed by atoms with Crippen LogP contribution in [0.15, 0.2) is 24.3 Å². The highest BCUT2D eigenvalue weighted by Crippen LogP contribution is 2.08. The zero-order chi connectivity index (χ0) is 14.3. The van der Waals surface area contributed by atoms with Gasteiger partial charge in [-0.25, -0.2) is 0 Å². The van der Waals surface area contributed by atoms with Gasteiger partial charge >= 0.3 is 5.97 Å². The minimum Gasteiger partial charge on any atom is -0.469 e. The van der Waals surface area contributed by atoms with Crippen LogP contribution in [0.4, 0.5) is 0 Å². The molecule has 0 fully saturated rings. The van der Waals surface area contributed by atoms with Crippen LogP contribution in [0, 0.1) is 0 Å². The van der Waals surface area contributed by atoms with Crippen LogP contribution < -0.4 is 5.73 Å². The van der Waals surface area contributed by atoms with Gasteiger partial charge in [0.15, 0.2) is 0 Å². The van der Waals surface area contributed by atoms with Crippen LogP contribution >= 0.6 is 12.2 Å². The van der Waals surface area contributed by atoms with Crippen molar-refractivity contribution in [3.63, 3.8) is 0 Å². The Hall–Kier alpha value is -1.46. The fraction of sp³-hybridized carbons (Fsp3) is 0.429. The Bertz CT molecular complexity index is 449. The van der Waals surface area contributed by atoms with Crippen molar-refractivity contribution in [2.75, 3.05) is 20.7 Å². The number of nitrogens with zero attached hydrogens (tertiary/aromatic N) is 1. The molecule has 0 amide bonds. The molecule has 5 heteroatoms. The molecular weight excluding hydrogens is 260 g/mol. The molecule has 19 heavy (non-hydrogen) atoms. The molecule has 4 nitrogen and oxygen atoms in total. The molecule has 0 atom stereocenters. The molecular formula is C14H20N2O2S. The summed E-state index contributed by atoms with van der Waals surface area (Å²) in [6, 6.07) is 7.90. The van der Waals surface area contributed by atoms with E-state index in [4.69, 9.17) is 18.0 Å². The third kappa shape index (κ3) is 5.81. The standard InChI is InChI=1S/C14H20N2O2S/c1-16(8-4-7-13(17)18-2)10-11-5-3-6-12(9-11)14(15)19/h3,5-6,9H,4,7-8,10H2,1-2H3,(H2,15,19). The lowest BCUT2D eigenvalue weighted by molar-refractivity contribution is -0.140. The largest absolute Gasteiger partial charge is 0.469 e. The van der Waals surface area contributed by atoms with Crippen LogP contribution in [0.5, 0.6) is 0 Å². The number of hydrogen-bond donors (Lipinski definition) is 1. The van der Waals surface area contributed by atoms with Gasteiger partial charge < -0.3 is 15.4 Å². The Morgan fingerprint density at radius 2 is 2.21 bits per heavy atom. The van der Waals surface area contributed by atoms with E-state index >= 15 is 0 Å². The molecule has 0 saturated heterocycles. The Kier molecular flexibility index (Phi) is 6.45. The lowest BCUT2D eigenvalue weighted by Crippen LogP contribution is -2.20. The monoisotopic (exact) mass is 280 g/mol. The van der Waals surface area contributed by atoms with Gasteiger partial charge in [0.25, 0.3) is 0 Å². The number of carbonyl (C=O) groups excluding carboxylic acids is 1. The highest BCUT2D eigenvalue weighted by atomic mass is 32.1. The van der Waals surface area contributed by atoms with Gasteiger partial charge in [-0.05, 0) is 31.6 Å². The first-order valence-electron chi connectivity index (χ1n) is 6.17. The van der Waals surface area contributed by atoms with Crippen LogP contribution in [0.3, 0.4) is 0 Å². The van der Waals surface area contributed by atoms with Gasteiger partial charge in [-0.2, -0.15) is 0 Å². The zero-order valence-electron chi connectivity index (χ0n) is 11.4. The van der Waals surface area contributed by atoms with Gasteiger partial charge in [0.05, 0.1) is 7.11 Å². The molecule has 0 bridgehead atoms. The smallest absolute Gasteiger partial charge is 0.305 e. The average molecular weight is 280 g/mol. The number of ether oxygens (including phenoxy) is 1. The average Bonchev–Trinajstić information content (AvgIpc) is 2.38. The predicted octanol–water partition coefficient (Wildman–Crippen LogP) is 1.71. The van der Waals surface area contributed by atoms with Crippen molar-refractivity contribution in [3.8, 4) is 0 Å². The van der Waals surface area contributed by atoms with E-state index in [1.54, 1.807) is 0 Å². The van der Waals surface area contributed by atoms with Crippen molar-refractivity contribution in [2.45, 2.75) is 19.4 Å². The van der Waals surface area contributed by atoms with E-state index in [1.165, 1.54) is 7.11 Å². The maximum absolute atomic E-state index is 11.0. The van der Waals surface area contributed by atoms with Crippen molar-refractivity contribution >= 4 is 23.2 Å². The van der Waals surface area contributed by atoms with Crippen LogP contribution in [0.25, 0.3) is 0 Å².